The molecule has 3 rings (SSSR count). The van der Waals surface area contributed by atoms with Crippen LogP contribution in [0.5, 0.6) is 11.5 Å². The summed E-state index contributed by atoms with van der Waals surface area (Å²) >= 11 is 0. The minimum absolute atomic E-state index is 0.283. The van der Waals surface area contributed by atoms with E-state index in [1.165, 1.54) is 26.0 Å². The molecule has 144 valence electrons. The highest BCUT2D eigenvalue weighted by Gasteiger charge is 2.21. The van der Waals surface area contributed by atoms with Crippen molar-refractivity contribution in [1.82, 2.24) is 0 Å². The molecule has 8 heteroatoms. The van der Waals surface area contributed by atoms with E-state index in [1.807, 2.05) is 0 Å². The minimum atomic E-state index is -3.43. The summed E-state index contributed by atoms with van der Waals surface area (Å²) in [6.07, 6.45) is 3.51. The Morgan fingerprint density at radius 2 is 1.85 bits per heavy atom. The fourth-order valence-electron chi connectivity index (χ4n) is 2.46. The molecule has 0 radical (unpaired) electrons. The SMILES string of the molecule is COc1cc(NC(=O)c2ccc(OCC3CC3)cc2)ccc1NS(C)(=O)=O. The van der Waals surface area contributed by atoms with Gasteiger partial charge in [0.25, 0.3) is 5.91 Å². The van der Waals surface area contributed by atoms with Crippen LogP contribution in [0, 0.1) is 5.92 Å². The van der Waals surface area contributed by atoms with Crippen LogP contribution >= 0.6 is 0 Å². The van der Waals surface area contributed by atoms with E-state index < -0.39 is 10.0 Å². The van der Waals surface area contributed by atoms with E-state index in [0.717, 1.165) is 18.6 Å². The van der Waals surface area contributed by atoms with Gasteiger partial charge in [0.1, 0.15) is 11.5 Å². The van der Waals surface area contributed by atoms with E-state index >= 15 is 0 Å². The molecule has 0 atom stereocenters. The molecule has 27 heavy (non-hydrogen) atoms. The first-order chi connectivity index (χ1) is 12.8. The standard InChI is InChI=1S/C19H22N2O5S/c1-25-18-11-15(7-10-17(18)21-27(2,23)24)20-19(22)14-5-8-16(9-6-14)26-12-13-3-4-13/h5-11,13,21H,3-4,12H2,1-2H3,(H,20,22). The van der Waals surface area contributed by atoms with Gasteiger partial charge in [-0.15, -0.1) is 0 Å². The van der Waals surface area contributed by atoms with Crippen molar-refractivity contribution in [3.8, 4) is 11.5 Å². The molecule has 2 aromatic rings. The molecule has 0 aliphatic heterocycles. The average molecular weight is 390 g/mol. The molecule has 2 aromatic carbocycles. The predicted octanol–water partition coefficient (Wildman–Crippen LogP) is 3.11. The third-order valence-corrected chi connectivity index (χ3v) is 4.64. The maximum absolute atomic E-state index is 12.4. The summed E-state index contributed by atoms with van der Waals surface area (Å²) in [5.41, 5.74) is 1.28. The van der Waals surface area contributed by atoms with Crippen molar-refractivity contribution in [2.45, 2.75) is 12.8 Å². The van der Waals surface area contributed by atoms with Crippen molar-refractivity contribution >= 4 is 27.3 Å². The lowest BCUT2D eigenvalue weighted by Gasteiger charge is -2.12. The van der Waals surface area contributed by atoms with Gasteiger partial charge < -0.3 is 14.8 Å². The topological polar surface area (TPSA) is 93.7 Å². The fraction of sp³-hybridized carbons (Fsp3) is 0.316. The molecule has 0 spiro atoms. The summed E-state index contributed by atoms with van der Waals surface area (Å²) in [4.78, 5) is 12.4. The van der Waals surface area contributed by atoms with Crippen LogP contribution in [0.1, 0.15) is 23.2 Å². The molecule has 0 bridgehead atoms. The number of hydrogen-bond acceptors (Lipinski definition) is 5. The van der Waals surface area contributed by atoms with E-state index in [2.05, 4.69) is 10.0 Å². The van der Waals surface area contributed by atoms with Gasteiger partial charge in [-0.1, -0.05) is 0 Å². The first kappa shape index (κ1) is 19.0. The zero-order valence-electron chi connectivity index (χ0n) is 15.2. The molecule has 2 N–H and O–H groups in total. The van der Waals surface area contributed by atoms with E-state index in [-0.39, 0.29) is 5.91 Å². The van der Waals surface area contributed by atoms with Gasteiger partial charge in [0.15, 0.2) is 0 Å². The number of sulfonamides is 1. The van der Waals surface area contributed by atoms with Gasteiger partial charge in [-0.2, -0.15) is 0 Å². The number of ether oxygens (including phenoxy) is 2. The Morgan fingerprint density at radius 3 is 2.44 bits per heavy atom. The number of hydrogen-bond donors (Lipinski definition) is 2. The molecule has 7 nitrogen and oxygen atoms in total. The lowest BCUT2D eigenvalue weighted by Crippen LogP contribution is -2.13. The lowest BCUT2D eigenvalue weighted by atomic mass is 10.2. The van der Waals surface area contributed by atoms with E-state index in [4.69, 9.17) is 9.47 Å². The van der Waals surface area contributed by atoms with Crippen molar-refractivity contribution in [3.05, 3.63) is 48.0 Å². The largest absolute Gasteiger partial charge is 0.494 e. The van der Waals surface area contributed by atoms with Gasteiger partial charge in [0.05, 0.1) is 25.7 Å². The molecule has 0 aromatic heterocycles. The Bertz CT molecular complexity index is 922. The molecule has 1 aliphatic rings. The smallest absolute Gasteiger partial charge is 0.255 e. The summed E-state index contributed by atoms with van der Waals surface area (Å²) in [5, 5.41) is 2.77. The van der Waals surface area contributed by atoms with Crippen LogP contribution in [-0.2, 0) is 10.0 Å². The second-order valence-electron chi connectivity index (χ2n) is 6.52. The highest BCUT2D eigenvalue weighted by molar-refractivity contribution is 7.92. The van der Waals surface area contributed by atoms with E-state index in [1.54, 1.807) is 36.4 Å². The maximum atomic E-state index is 12.4. The molecule has 1 aliphatic carbocycles. The minimum Gasteiger partial charge on any atom is -0.494 e. The molecule has 1 amide bonds. The fourth-order valence-corrected chi connectivity index (χ4v) is 3.03. The third kappa shape index (κ3) is 5.62. The molecular formula is C19H22N2O5S. The Balaban J connectivity index is 1.65. The predicted molar refractivity (Wildman–Crippen MR) is 104 cm³/mol. The summed E-state index contributed by atoms with van der Waals surface area (Å²) in [6, 6.07) is 11.6. The number of carbonyl (C=O) groups is 1. The van der Waals surface area contributed by atoms with Crippen LogP contribution in [0.25, 0.3) is 0 Å². The number of methoxy groups -OCH3 is 1. The van der Waals surface area contributed by atoms with Crippen LogP contribution in [0.2, 0.25) is 0 Å². The van der Waals surface area contributed by atoms with Crippen molar-refractivity contribution in [3.63, 3.8) is 0 Å². The first-order valence-electron chi connectivity index (χ1n) is 8.54. The van der Waals surface area contributed by atoms with E-state index in [0.29, 0.717) is 28.6 Å². The Labute approximate surface area is 158 Å². The van der Waals surface area contributed by atoms with E-state index in [9.17, 15) is 13.2 Å². The highest BCUT2D eigenvalue weighted by atomic mass is 32.2. The van der Waals surface area contributed by atoms with Gasteiger partial charge in [-0.25, -0.2) is 8.42 Å². The van der Waals surface area contributed by atoms with Crippen LogP contribution in [0.4, 0.5) is 11.4 Å². The molecular weight excluding hydrogens is 368 g/mol. The molecule has 0 heterocycles. The van der Waals surface area contributed by atoms with Crippen LogP contribution in [0.3, 0.4) is 0 Å². The average Bonchev–Trinajstić information content (AvgIpc) is 3.45. The Morgan fingerprint density at radius 1 is 1.15 bits per heavy atom. The van der Waals surface area contributed by atoms with Gasteiger partial charge in [0, 0.05) is 17.3 Å². The number of amides is 1. The van der Waals surface area contributed by atoms with Gasteiger partial charge in [-0.3, -0.25) is 9.52 Å². The van der Waals surface area contributed by atoms with Crippen LogP contribution in [-0.4, -0.2) is 34.3 Å². The second-order valence-corrected chi connectivity index (χ2v) is 8.27. The number of rotatable bonds is 8. The van der Waals surface area contributed by atoms with Crippen LogP contribution in [0.15, 0.2) is 42.5 Å². The third-order valence-electron chi connectivity index (χ3n) is 4.05. The maximum Gasteiger partial charge on any atom is 0.255 e. The normalized spacial score (nSPS) is 13.7. The Kier molecular flexibility index (Phi) is 5.55. The van der Waals surface area contributed by atoms with Crippen molar-refractivity contribution in [2.24, 2.45) is 5.92 Å². The summed E-state index contributed by atoms with van der Waals surface area (Å²) in [6.45, 7) is 0.721. The summed E-state index contributed by atoms with van der Waals surface area (Å²) in [7, 11) is -2.00. The zero-order valence-corrected chi connectivity index (χ0v) is 16.0. The molecule has 0 saturated heterocycles. The molecule has 0 unspecified atom stereocenters. The van der Waals surface area contributed by atoms with Crippen molar-refractivity contribution in [1.29, 1.82) is 0 Å². The second kappa shape index (κ2) is 7.87. The number of carbonyl (C=O) groups excluding carboxylic acids is 1. The monoisotopic (exact) mass is 390 g/mol. The number of benzene rings is 2. The Hall–Kier alpha value is -2.74. The quantitative estimate of drug-likeness (QED) is 0.722. The van der Waals surface area contributed by atoms with Crippen molar-refractivity contribution in [2.75, 3.05) is 30.0 Å². The van der Waals surface area contributed by atoms with Gasteiger partial charge in [0.2, 0.25) is 10.0 Å². The van der Waals surface area contributed by atoms with Crippen LogP contribution < -0.4 is 19.5 Å². The lowest BCUT2D eigenvalue weighted by molar-refractivity contribution is 0.102. The van der Waals surface area contributed by atoms with Crippen molar-refractivity contribution < 1.29 is 22.7 Å². The zero-order chi connectivity index (χ0) is 19.4. The van der Waals surface area contributed by atoms with Gasteiger partial charge >= 0.3 is 0 Å². The first-order valence-corrected chi connectivity index (χ1v) is 10.4. The van der Waals surface area contributed by atoms with Gasteiger partial charge in [-0.05, 0) is 55.2 Å². The summed E-state index contributed by atoms with van der Waals surface area (Å²) in [5.74, 6) is 1.44. The highest BCUT2D eigenvalue weighted by Crippen LogP contribution is 2.30. The molecule has 1 saturated carbocycles. The molecule has 1 fully saturated rings. The number of anilines is 2. The summed E-state index contributed by atoms with van der Waals surface area (Å²) < 4.78 is 36.0. The number of nitrogens with one attached hydrogen (secondary N) is 2.